The van der Waals surface area contributed by atoms with E-state index < -0.39 is 28.5 Å². The summed E-state index contributed by atoms with van der Waals surface area (Å²) in [5.74, 6) is -0.673. The molecular weight excluding hydrogens is 582 g/mol. The topological polar surface area (TPSA) is 86.8 Å². The molecule has 0 spiro atoms. The van der Waals surface area contributed by atoms with E-state index in [1.807, 2.05) is 62.4 Å². The third-order valence-corrected chi connectivity index (χ3v) is 9.33. The second-order valence-corrected chi connectivity index (χ2v) is 14.0. The van der Waals surface area contributed by atoms with Crippen LogP contribution < -0.4 is 9.62 Å². The largest absolute Gasteiger partial charge is 0.352 e. The zero-order chi connectivity index (χ0) is 31.0. The number of rotatable bonds is 12. The number of amides is 2. The maximum Gasteiger partial charge on any atom is 0.244 e. The highest BCUT2D eigenvalue weighted by atomic mass is 35.5. The van der Waals surface area contributed by atoms with Crippen LogP contribution in [0.1, 0.15) is 68.6 Å². The molecule has 230 valence electrons. The minimum atomic E-state index is -3.85. The van der Waals surface area contributed by atoms with Gasteiger partial charge in [0.05, 0.1) is 11.9 Å². The summed E-state index contributed by atoms with van der Waals surface area (Å²) in [6, 6.07) is 23.2. The van der Waals surface area contributed by atoms with E-state index in [0.29, 0.717) is 10.7 Å². The molecule has 3 aromatic rings. The molecule has 1 aliphatic rings. The molecule has 1 unspecified atom stereocenters. The molecule has 4 rings (SSSR count). The normalized spacial score (nSPS) is 14.7. The van der Waals surface area contributed by atoms with E-state index in [4.69, 9.17) is 11.6 Å². The summed E-state index contributed by atoms with van der Waals surface area (Å²) >= 11 is 6.31. The lowest BCUT2D eigenvalue weighted by Gasteiger charge is -2.35. The fourth-order valence-corrected chi connectivity index (χ4v) is 6.81. The zero-order valence-corrected chi connectivity index (χ0v) is 26.8. The van der Waals surface area contributed by atoms with Crippen molar-refractivity contribution in [2.24, 2.45) is 0 Å². The van der Waals surface area contributed by atoms with Crippen LogP contribution in [-0.2, 0) is 32.6 Å². The van der Waals surface area contributed by atoms with Crippen molar-refractivity contribution in [3.63, 3.8) is 0 Å². The summed E-state index contributed by atoms with van der Waals surface area (Å²) in [6.07, 6.45) is 6.46. The Bertz CT molecular complexity index is 1490. The molecule has 1 fully saturated rings. The first kappa shape index (κ1) is 32.6. The summed E-state index contributed by atoms with van der Waals surface area (Å²) < 4.78 is 27.5. The Balaban J connectivity index is 1.75. The summed E-state index contributed by atoms with van der Waals surface area (Å²) in [6.45, 7) is 3.62. The number of nitrogens with zero attached hydrogens (tertiary/aromatic N) is 2. The van der Waals surface area contributed by atoms with Crippen LogP contribution in [0.25, 0.3) is 0 Å². The number of carbonyl (C=O) groups is 2. The van der Waals surface area contributed by atoms with Gasteiger partial charge in [-0.1, -0.05) is 105 Å². The second-order valence-electron chi connectivity index (χ2n) is 11.7. The van der Waals surface area contributed by atoms with Crippen LogP contribution >= 0.6 is 11.6 Å². The van der Waals surface area contributed by atoms with Crippen LogP contribution in [0.3, 0.4) is 0 Å². The Morgan fingerprint density at radius 2 is 1.56 bits per heavy atom. The number of hydrogen-bond acceptors (Lipinski definition) is 4. The Labute approximate surface area is 261 Å². The molecule has 1 saturated carbocycles. The highest BCUT2D eigenvalue weighted by Gasteiger charge is 2.34. The van der Waals surface area contributed by atoms with Crippen LogP contribution in [0.2, 0.25) is 5.02 Å². The standard InChI is InChI=1S/C34H42ClN3O4S/c1-25(2)30-19-10-11-20-31(30)38(43(3,41)42)24-33(39)37(23-27-15-12-16-28(35)21-27)32(22-26-13-6-4-7-14-26)34(40)36-29-17-8-5-9-18-29/h4,6-7,10-16,19-21,25,29,32H,5,8-9,17-18,22-24H2,1-3H3,(H,36,40). The average Bonchev–Trinajstić information content (AvgIpc) is 2.98. The fourth-order valence-electron chi connectivity index (χ4n) is 5.73. The van der Waals surface area contributed by atoms with E-state index in [9.17, 15) is 18.0 Å². The quantitative estimate of drug-likeness (QED) is 0.256. The highest BCUT2D eigenvalue weighted by molar-refractivity contribution is 7.92. The van der Waals surface area contributed by atoms with Gasteiger partial charge in [-0.2, -0.15) is 0 Å². The number of para-hydroxylation sites is 1. The van der Waals surface area contributed by atoms with Crippen molar-refractivity contribution >= 4 is 39.1 Å². The smallest absolute Gasteiger partial charge is 0.244 e. The van der Waals surface area contributed by atoms with Gasteiger partial charge in [-0.3, -0.25) is 13.9 Å². The average molecular weight is 624 g/mol. The minimum absolute atomic E-state index is 0.0326. The van der Waals surface area contributed by atoms with Crippen molar-refractivity contribution < 1.29 is 18.0 Å². The van der Waals surface area contributed by atoms with Gasteiger partial charge in [0.1, 0.15) is 12.6 Å². The summed E-state index contributed by atoms with van der Waals surface area (Å²) in [7, 11) is -3.85. The van der Waals surface area contributed by atoms with Gasteiger partial charge in [0.25, 0.3) is 0 Å². The van der Waals surface area contributed by atoms with E-state index in [1.165, 1.54) is 4.90 Å². The van der Waals surface area contributed by atoms with Gasteiger partial charge >= 0.3 is 0 Å². The van der Waals surface area contributed by atoms with Gasteiger partial charge in [0, 0.05) is 24.0 Å². The molecule has 0 aromatic heterocycles. The van der Waals surface area contributed by atoms with Gasteiger partial charge in [0.15, 0.2) is 0 Å². The molecule has 0 heterocycles. The molecule has 2 amide bonds. The van der Waals surface area contributed by atoms with Crippen LogP contribution in [0.4, 0.5) is 5.69 Å². The number of carbonyl (C=O) groups excluding carboxylic acids is 2. The molecule has 1 atom stereocenters. The second kappa shape index (κ2) is 14.9. The highest BCUT2D eigenvalue weighted by Crippen LogP contribution is 2.29. The Kier molecular flexibility index (Phi) is 11.3. The van der Waals surface area contributed by atoms with Crippen molar-refractivity contribution in [1.29, 1.82) is 0 Å². The Hall–Kier alpha value is -3.36. The van der Waals surface area contributed by atoms with Crippen molar-refractivity contribution in [2.45, 2.75) is 76.9 Å². The van der Waals surface area contributed by atoms with Gasteiger partial charge in [0.2, 0.25) is 21.8 Å². The third kappa shape index (κ3) is 9.07. The van der Waals surface area contributed by atoms with Crippen molar-refractivity contribution in [3.8, 4) is 0 Å². The number of nitrogens with one attached hydrogen (secondary N) is 1. The first-order valence-electron chi connectivity index (χ1n) is 15.0. The van der Waals surface area contributed by atoms with Crippen LogP contribution in [-0.4, -0.2) is 50.0 Å². The molecular formula is C34H42ClN3O4S. The number of benzene rings is 3. The zero-order valence-electron chi connectivity index (χ0n) is 25.2. The van der Waals surface area contributed by atoms with Crippen LogP contribution in [0.15, 0.2) is 78.9 Å². The lowest BCUT2D eigenvalue weighted by molar-refractivity contribution is -0.140. The van der Waals surface area contributed by atoms with Crippen LogP contribution in [0, 0.1) is 0 Å². The van der Waals surface area contributed by atoms with Crippen molar-refractivity contribution in [1.82, 2.24) is 10.2 Å². The van der Waals surface area contributed by atoms with Crippen LogP contribution in [0.5, 0.6) is 0 Å². The Morgan fingerprint density at radius 1 is 0.907 bits per heavy atom. The first-order chi connectivity index (χ1) is 20.5. The van der Waals surface area contributed by atoms with Gasteiger partial charge in [-0.15, -0.1) is 0 Å². The molecule has 0 bridgehead atoms. The minimum Gasteiger partial charge on any atom is -0.352 e. The fraction of sp³-hybridized carbons (Fsp3) is 0.412. The molecule has 0 radical (unpaired) electrons. The maximum absolute atomic E-state index is 14.4. The van der Waals surface area contributed by atoms with Gasteiger partial charge in [-0.05, 0) is 53.6 Å². The molecule has 9 heteroatoms. The SMILES string of the molecule is CC(C)c1ccccc1N(CC(=O)N(Cc1cccc(Cl)c1)C(Cc1ccccc1)C(=O)NC1CCCCC1)S(C)(=O)=O. The van der Waals surface area contributed by atoms with E-state index in [1.54, 1.807) is 30.3 Å². The molecule has 1 aliphatic carbocycles. The van der Waals surface area contributed by atoms with E-state index >= 15 is 0 Å². The summed E-state index contributed by atoms with van der Waals surface area (Å²) in [5.41, 5.74) is 2.93. The Morgan fingerprint density at radius 3 is 2.21 bits per heavy atom. The molecule has 43 heavy (non-hydrogen) atoms. The monoisotopic (exact) mass is 623 g/mol. The number of halogens is 1. The number of hydrogen-bond donors (Lipinski definition) is 1. The number of sulfonamides is 1. The van der Waals surface area contributed by atoms with Crippen molar-refractivity contribution in [2.75, 3.05) is 17.1 Å². The molecule has 1 N–H and O–H groups in total. The molecule has 0 aliphatic heterocycles. The summed E-state index contributed by atoms with van der Waals surface area (Å²) in [4.78, 5) is 30.0. The first-order valence-corrected chi connectivity index (χ1v) is 17.2. The van der Waals surface area contributed by atoms with Crippen molar-refractivity contribution in [3.05, 3.63) is 101 Å². The van der Waals surface area contributed by atoms with E-state index in [0.717, 1.165) is 59.4 Å². The lowest BCUT2D eigenvalue weighted by Crippen LogP contribution is -2.55. The van der Waals surface area contributed by atoms with Gasteiger partial charge in [-0.25, -0.2) is 8.42 Å². The van der Waals surface area contributed by atoms with Gasteiger partial charge < -0.3 is 10.2 Å². The molecule has 0 saturated heterocycles. The van der Waals surface area contributed by atoms with E-state index in [-0.39, 0.29) is 30.8 Å². The predicted molar refractivity (Wildman–Crippen MR) is 174 cm³/mol. The molecule has 3 aromatic carbocycles. The summed E-state index contributed by atoms with van der Waals surface area (Å²) in [5, 5.41) is 3.73. The maximum atomic E-state index is 14.4. The predicted octanol–water partition coefficient (Wildman–Crippen LogP) is 6.32. The number of anilines is 1. The lowest BCUT2D eigenvalue weighted by atomic mass is 9.94. The molecule has 7 nitrogen and oxygen atoms in total. The third-order valence-electron chi connectivity index (χ3n) is 7.97. The van der Waals surface area contributed by atoms with E-state index in [2.05, 4.69) is 5.32 Å².